The van der Waals surface area contributed by atoms with Crippen molar-refractivity contribution in [3.05, 3.63) is 52.5 Å². The zero-order chi connectivity index (χ0) is 13.1. The molecule has 3 N–H and O–H groups in total. The van der Waals surface area contributed by atoms with Gasteiger partial charge in [0.15, 0.2) is 0 Å². The van der Waals surface area contributed by atoms with Crippen LogP contribution in [-0.4, -0.2) is 9.97 Å². The van der Waals surface area contributed by atoms with Gasteiger partial charge in [-0.25, -0.2) is 4.39 Å². The van der Waals surface area contributed by atoms with Gasteiger partial charge in [0.25, 0.3) is 0 Å². The first kappa shape index (κ1) is 12.9. The molecule has 1 heterocycles. The number of aromatic nitrogens is 1. The first-order chi connectivity index (χ1) is 8.56. The van der Waals surface area contributed by atoms with Crippen LogP contribution in [-0.2, 0) is 0 Å². The summed E-state index contributed by atoms with van der Waals surface area (Å²) < 4.78 is 13.9. The Bertz CT molecular complexity index is 604. The van der Waals surface area contributed by atoms with E-state index in [0.29, 0.717) is 11.4 Å². The molecule has 2 rings (SSSR count). The molecule has 0 aliphatic rings. The summed E-state index contributed by atoms with van der Waals surface area (Å²) in [4.78, 5) is 4.25. The molecule has 0 aliphatic carbocycles. The number of nitrogens with two attached hydrogens (primary N) is 1. The SMILES string of the molecule is NC(=S)c1cc(Nc2cc(F)ccc2Br)ccn1. The summed E-state index contributed by atoms with van der Waals surface area (Å²) >= 11 is 8.19. The van der Waals surface area contributed by atoms with Crippen LogP contribution in [0.2, 0.25) is 0 Å². The quantitative estimate of drug-likeness (QED) is 0.849. The molecule has 92 valence electrons. The number of hydrogen-bond donors (Lipinski definition) is 2. The van der Waals surface area contributed by atoms with Crippen LogP contribution in [0.5, 0.6) is 0 Å². The summed E-state index contributed by atoms with van der Waals surface area (Å²) in [5.41, 5.74) is 7.37. The van der Waals surface area contributed by atoms with Gasteiger partial charge in [-0.1, -0.05) is 12.2 Å². The van der Waals surface area contributed by atoms with Gasteiger partial charge in [-0.05, 0) is 46.3 Å². The summed E-state index contributed by atoms with van der Waals surface area (Å²) in [5.74, 6) is -0.315. The highest BCUT2D eigenvalue weighted by atomic mass is 79.9. The van der Waals surface area contributed by atoms with Crippen molar-refractivity contribution in [2.24, 2.45) is 5.73 Å². The number of rotatable bonds is 3. The van der Waals surface area contributed by atoms with Crippen LogP contribution in [0.15, 0.2) is 41.0 Å². The van der Waals surface area contributed by atoms with Crippen LogP contribution in [0.25, 0.3) is 0 Å². The van der Waals surface area contributed by atoms with Crippen LogP contribution in [0.4, 0.5) is 15.8 Å². The van der Waals surface area contributed by atoms with Gasteiger partial charge in [0, 0.05) is 16.4 Å². The van der Waals surface area contributed by atoms with E-state index in [9.17, 15) is 4.39 Å². The van der Waals surface area contributed by atoms with E-state index < -0.39 is 0 Å². The predicted molar refractivity (Wildman–Crippen MR) is 77.5 cm³/mol. The fraction of sp³-hybridized carbons (Fsp3) is 0. The molecular weight excluding hydrogens is 317 g/mol. The van der Waals surface area contributed by atoms with Crippen molar-refractivity contribution < 1.29 is 4.39 Å². The Kier molecular flexibility index (Phi) is 3.88. The van der Waals surface area contributed by atoms with Crippen molar-refractivity contribution in [1.29, 1.82) is 0 Å². The maximum atomic E-state index is 13.1. The Labute approximate surface area is 117 Å². The molecule has 0 saturated carbocycles. The second kappa shape index (κ2) is 5.41. The fourth-order valence-corrected chi connectivity index (χ4v) is 1.85. The van der Waals surface area contributed by atoms with E-state index in [-0.39, 0.29) is 10.8 Å². The van der Waals surface area contributed by atoms with Gasteiger partial charge < -0.3 is 11.1 Å². The minimum atomic E-state index is -0.315. The van der Waals surface area contributed by atoms with Crippen molar-refractivity contribution in [3.8, 4) is 0 Å². The number of anilines is 2. The zero-order valence-electron chi connectivity index (χ0n) is 9.15. The lowest BCUT2D eigenvalue weighted by Gasteiger charge is -2.09. The third-order valence-electron chi connectivity index (χ3n) is 2.22. The lowest BCUT2D eigenvalue weighted by atomic mass is 10.2. The van der Waals surface area contributed by atoms with Crippen LogP contribution in [0, 0.1) is 5.82 Å². The molecule has 6 heteroatoms. The molecule has 0 atom stereocenters. The summed E-state index contributed by atoms with van der Waals surface area (Å²) in [6.45, 7) is 0. The molecule has 0 radical (unpaired) electrons. The minimum absolute atomic E-state index is 0.219. The maximum Gasteiger partial charge on any atom is 0.125 e. The number of pyridine rings is 1. The van der Waals surface area contributed by atoms with Crippen LogP contribution >= 0.6 is 28.1 Å². The molecule has 1 aromatic carbocycles. The summed E-state index contributed by atoms with van der Waals surface area (Å²) in [5, 5.41) is 3.07. The van der Waals surface area contributed by atoms with E-state index in [1.54, 1.807) is 24.4 Å². The summed E-state index contributed by atoms with van der Waals surface area (Å²) in [7, 11) is 0. The van der Waals surface area contributed by atoms with Gasteiger partial charge in [0.05, 0.1) is 11.4 Å². The molecule has 0 amide bonds. The molecule has 0 unspecified atom stereocenters. The monoisotopic (exact) mass is 325 g/mol. The number of hydrogen-bond acceptors (Lipinski definition) is 3. The lowest BCUT2D eigenvalue weighted by molar-refractivity contribution is 0.628. The predicted octanol–water partition coefficient (Wildman–Crippen LogP) is 3.36. The molecule has 2 aromatic rings. The highest BCUT2D eigenvalue weighted by molar-refractivity contribution is 9.10. The van der Waals surface area contributed by atoms with Crippen LogP contribution in [0.1, 0.15) is 5.69 Å². The second-order valence-corrected chi connectivity index (χ2v) is 4.84. The molecule has 0 bridgehead atoms. The minimum Gasteiger partial charge on any atom is -0.388 e. The number of benzene rings is 1. The molecule has 0 aliphatic heterocycles. The molecule has 3 nitrogen and oxygen atoms in total. The van der Waals surface area contributed by atoms with Crippen molar-refractivity contribution in [3.63, 3.8) is 0 Å². The number of halogens is 2. The molecule has 0 saturated heterocycles. The smallest absolute Gasteiger partial charge is 0.125 e. The van der Waals surface area contributed by atoms with E-state index in [1.165, 1.54) is 12.1 Å². The number of nitrogens with one attached hydrogen (secondary N) is 1. The maximum absolute atomic E-state index is 13.1. The second-order valence-electron chi connectivity index (χ2n) is 3.54. The van der Waals surface area contributed by atoms with E-state index in [2.05, 4.69) is 26.2 Å². The first-order valence-corrected chi connectivity index (χ1v) is 6.24. The Morgan fingerprint density at radius 1 is 1.33 bits per heavy atom. The van der Waals surface area contributed by atoms with Crippen molar-refractivity contribution in [2.45, 2.75) is 0 Å². The van der Waals surface area contributed by atoms with E-state index >= 15 is 0 Å². The van der Waals surface area contributed by atoms with E-state index in [4.69, 9.17) is 18.0 Å². The molecule has 0 spiro atoms. The molecular formula is C12H9BrFN3S. The standard InChI is InChI=1S/C12H9BrFN3S/c13-9-2-1-7(14)5-10(9)17-8-3-4-16-11(6-8)12(15)18/h1-6H,(H2,15,18)(H,16,17). The summed E-state index contributed by atoms with van der Waals surface area (Å²) in [6.07, 6.45) is 1.59. The van der Waals surface area contributed by atoms with E-state index in [0.717, 1.165) is 10.2 Å². The normalized spacial score (nSPS) is 10.1. The van der Waals surface area contributed by atoms with Crippen LogP contribution < -0.4 is 11.1 Å². The van der Waals surface area contributed by atoms with Gasteiger partial charge in [-0.15, -0.1) is 0 Å². The van der Waals surface area contributed by atoms with Crippen molar-refractivity contribution in [1.82, 2.24) is 4.98 Å². The molecule has 18 heavy (non-hydrogen) atoms. The van der Waals surface area contributed by atoms with Gasteiger partial charge in [0.1, 0.15) is 10.8 Å². The lowest BCUT2D eigenvalue weighted by Crippen LogP contribution is -2.11. The Morgan fingerprint density at radius 3 is 2.83 bits per heavy atom. The Balaban J connectivity index is 2.31. The van der Waals surface area contributed by atoms with E-state index in [1.807, 2.05) is 0 Å². The highest BCUT2D eigenvalue weighted by Crippen LogP contribution is 2.26. The van der Waals surface area contributed by atoms with Crippen molar-refractivity contribution in [2.75, 3.05) is 5.32 Å². The largest absolute Gasteiger partial charge is 0.388 e. The van der Waals surface area contributed by atoms with Gasteiger partial charge in [-0.2, -0.15) is 0 Å². The fourth-order valence-electron chi connectivity index (χ4n) is 1.39. The number of nitrogens with zero attached hydrogens (tertiary/aromatic N) is 1. The average molecular weight is 326 g/mol. The van der Waals surface area contributed by atoms with Gasteiger partial charge in [0.2, 0.25) is 0 Å². The van der Waals surface area contributed by atoms with Crippen molar-refractivity contribution >= 4 is 44.5 Å². The average Bonchev–Trinajstić information content (AvgIpc) is 2.34. The third-order valence-corrected chi connectivity index (χ3v) is 3.12. The Morgan fingerprint density at radius 2 is 2.11 bits per heavy atom. The third kappa shape index (κ3) is 3.02. The molecule has 0 fully saturated rings. The van der Waals surface area contributed by atoms with Crippen LogP contribution in [0.3, 0.4) is 0 Å². The topological polar surface area (TPSA) is 50.9 Å². The number of thiocarbonyl (C=S) groups is 1. The first-order valence-electron chi connectivity index (χ1n) is 5.04. The Hall–Kier alpha value is -1.53. The van der Waals surface area contributed by atoms with Gasteiger partial charge in [-0.3, -0.25) is 4.98 Å². The zero-order valence-corrected chi connectivity index (χ0v) is 11.6. The highest BCUT2D eigenvalue weighted by Gasteiger charge is 2.04. The molecule has 1 aromatic heterocycles. The van der Waals surface area contributed by atoms with Gasteiger partial charge >= 0.3 is 0 Å². The summed E-state index contributed by atoms with van der Waals surface area (Å²) in [6, 6.07) is 7.86.